The maximum atomic E-state index is 13.5. The van der Waals surface area contributed by atoms with Crippen molar-refractivity contribution >= 4 is 29.5 Å². The van der Waals surface area contributed by atoms with E-state index in [1.807, 2.05) is 0 Å². The van der Waals surface area contributed by atoms with Crippen LogP contribution in [0.3, 0.4) is 0 Å². The number of carbonyl (C=O) groups is 3. The highest BCUT2D eigenvalue weighted by molar-refractivity contribution is 6.30. The summed E-state index contributed by atoms with van der Waals surface area (Å²) in [6, 6.07) is 6.16. The first-order valence-electron chi connectivity index (χ1n) is 13.4. The Balaban J connectivity index is 1.39. The Morgan fingerprint density at radius 1 is 0.907 bits per heavy atom. The molecular weight excluding hydrogens is 589 g/mol. The van der Waals surface area contributed by atoms with E-state index in [2.05, 4.69) is 14.9 Å². The zero-order valence-corrected chi connectivity index (χ0v) is 23.6. The van der Waals surface area contributed by atoms with Gasteiger partial charge in [-0.1, -0.05) is 11.6 Å². The molecule has 3 amide bonds. The van der Waals surface area contributed by atoms with Crippen molar-refractivity contribution in [3.8, 4) is 5.75 Å². The number of carbonyl (C=O) groups excluding carboxylic acids is 3. The van der Waals surface area contributed by atoms with E-state index in [0.29, 0.717) is 50.0 Å². The average molecular weight is 617 g/mol. The topological polar surface area (TPSA) is 145 Å². The van der Waals surface area contributed by atoms with Gasteiger partial charge in [0.1, 0.15) is 0 Å². The molecule has 226 valence electrons. The number of aromatic nitrogens is 2. The maximum absolute atomic E-state index is 13.5. The third kappa shape index (κ3) is 6.57. The first kappa shape index (κ1) is 30.2. The predicted octanol–water partition coefficient (Wildman–Crippen LogP) is 4.57. The van der Waals surface area contributed by atoms with Crippen molar-refractivity contribution in [2.45, 2.75) is 38.0 Å². The molecule has 2 saturated heterocycles. The van der Waals surface area contributed by atoms with Crippen LogP contribution >= 0.6 is 11.6 Å². The number of nitrogens with zero attached hydrogens (tertiary/aromatic N) is 4. The minimum atomic E-state index is -4.55. The van der Waals surface area contributed by atoms with Crippen LogP contribution in [0.2, 0.25) is 5.02 Å². The number of halogens is 4. The molecule has 5 rings (SSSR count). The minimum absolute atomic E-state index is 0.0175. The average Bonchev–Trinajstić information content (AvgIpc) is 3.29. The van der Waals surface area contributed by atoms with Crippen LogP contribution < -0.4 is 16.2 Å². The van der Waals surface area contributed by atoms with Crippen molar-refractivity contribution < 1.29 is 32.3 Å². The fraction of sp³-hybridized carbons (Fsp3) is 0.345. The van der Waals surface area contributed by atoms with Crippen LogP contribution in [-0.4, -0.2) is 57.3 Å². The smallest absolute Gasteiger partial charge is 0.409 e. The van der Waals surface area contributed by atoms with Crippen LogP contribution in [0.15, 0.2) is 55.1 Å². The summed E-state index contributed by atoms with van der Waals surface area (Å²) in [4.78, 5) is 48.1. The van der Waals surface area contributed by atoms with Gasteiger partial charge in [-0.25, -0.2) is 4.79 Å². The molecule has 1 atom stereocenters. The molecule has 10 nitrogen and oxygen atoms in total. The third-order valence-electron chi connectivity index (χ3n) is 8.09. The van der Waals surface area contributed by atoms with Gasteiger partial charge in [-0.3, -0.25) is 24.5 Å². The number of piperidine rings is 1. The molecule has 1 aromatic carbocycles. The largest absolute Gasteiger partial charge is 0.416 e. The Labute approximate surface area is 249 Å². The van der Waals surface area contributed by atoms with Crippen molar-refractivity contribution in [2.24, 2.45) is 16.9 Å². The van der Waals surface area contributed by atoms with Gasteiger partial charge in [0.2, 0.25) is 11.8 Å². The van der Waals surface area contributed by atoms with Crippen molar-refractivity contribution in [1.82, 2.24) is 19.8 Å². The van der Waals surface area contributed by atoms with E-state index >= 15 is 0 Å². The number of likely N-dealkylation sites (tertiary alicyclic amines) is 2. The SMILES string of the molecule is NC(=O)c1cncc(OC(=O)N2CCC3(CC2)CCN(Cc2cc(Cl)cc(C(F)(F)F)c2)C3c2cncc(C(N)=O)c2)c1. The van der Waals surface area contributed by atoms with Crippen molar-refractivity contribution in [3.63, 3.8) is 0 Å². The molecule has 4 heterocycles. The zero-order chi connectivity index (χ0) is 30.9. The highest BCUT2D eigenvalue weighted by atomic mass is 35.5. The molecule has 4 N–H and O–H groups in total. The molecule has 14 heteroatoms. The number of hydrogen-bond donors (Lipinski definition) is 2. The summed E-state index contributed by atoms with van der Waals surface area (Å²) in [6.07, 6.45) is 2.20. The van der Waals surface area contributed by atoms with Gasteiger partial charge in [-0.05, 0) is 72.7 Å². The lowest BCUT2D eigenvalue weighted by molar-refractivity contribution is -0.137. The number of amides is 3. The van der Waals surface area contributed by atoms with E-state index < -0.39 is 29.6 Å². The molecule has 43 heavy (non-hydrogen) atoms. The van der Waals surface area contributed by atoms with Crippen LogP contribution in [0.4, 0.5) is 18.0 Å². The highest BCUT2D eigenvalue weighted by Gasteiger charge is 2.50. The van der Waals surface area contributed by atoms with Gasteiger partial charge in [0.05, 0.1) is 22.9 Å². The predicted molar refractivity (Wildman–Crippen MR) is 149 cm³/mol. The Hall–Kier alpha value is -4.23. The van der Waals surface area contributed by atoms with E-state index in [1.165, 1.54) is 30.7 Å². The number of primary amides is 2. The molecule has 0 saturated carbocycles. The maximum Gasteiger partial charge on any atom is 0.416 e. The van der Waals surface area contributed by atoms with Crippen molar-refractivity contribution in [3.05, 3.63) is 88.0 Å². The van der Waals surface area contributed by atoms with Crippen LogP contribution in [0.1, 0.15) is 62.7 Å². The normalized spacial score (nSPS) is 18.5. The van der Waals surface area contributed by atoms with Crippen LogP contribution in [0.25, 0.3) is 0 Å². The van der Waals surface area contributed by atoms with Gasteiger partial charge in [0.25, 0.3) is 0 Å². The fourth-order valence-corrected chi connectivity index (χ4v) is 6.33. The molecule has 2 aromatic heterocycles. The van der Waals surface area contributed by atoms with Gasteiger partial charge in [0.15, 0.2) is 5.75 Å². The Morgan fingerprint density at radius 2 is 1.53 bits per heavy atom. The van der Waals surface area contributed by atoms with Gasteiger partial charge in [0, 0.05) is 49.3 Å². The summed E-state index contributed by atoms with van der Waals surface area (Å²) in [6.45, 7) is 1.40. The molecule has 3 aromatic rings. The summed E-state index contributed by atoms with van der Waals surface area (Å²) < 4.78 is 46.0. The monoisotopic (exact) mass is 616 g/mol. The van der Waals surface area contributed by atoms with E-state index in [4.69, 9.17) is 27.8 Å². The van der Waals surface area contributed by atoms with Gasteiger partial charge >= 0.3 is 12.3 Å². The lowest BCUT2D eigenvalue weighted by atomic mass is 9.70. The number of alkyl halides is 3. The number of nitrogens with two attached hydrogens (primary N) is 2. The van der Waals surface area contributed by atoms with E-state index in [9.17, 15) is 27.6 Å². The first-order chi connectivity index (χ1) is 20.3. The number of ether oxygens (including phenoxy) is 1. The minimum Gasteiger partial charge on any atom is -0.409 e. The summed E-state index contributed by atoms with van der Waals surface area (Å²) in [7, 11) is 0. The summed E-state index contributed by atoms with van der Waals surface area (Å²) in [5.41, 5.74) is 11.0. The summed E-state index contributed by atoms with van der Waals surface area (Å²) >= 11 is 6.06. The molecule has 0 aliphatic carbocycles. The second-order valence-electron chi connectivity index (χ2n) is 10.8. The summed E-state index contributed by atoms with van der Waals surface area (Å²) in [5.74, 6) is -1.27. The van der Waals surface area contributed by atoms with Crippen LogP contribution in [0.5, 0.6) is 5.75 Å². The molecule has 2 aliphatic heterocycles. The van der Waals surface area contributed by atoms with E-state index in [-0.39, 0.29) is 39.9 Å². The molecular formula is C29H28ClF3N6O4. The summed E-state index contributed by atoms with van der Waals surface area (Å²) in [5, 5.41) is -0.0175. The fourth-order valence-electron chi connectivity index (χ4n) is 6.07. The second-order valence-corrected chi connectivity index (χ2v) is 11.3. The van der Waals surface area contributed by atoms with Gasteiger partial charge < -0.3 is 21.1 Å². The van der Waals surface area contributed by atoms with Crippen molar-refractivity contribution in [2.75, 3.05) is 19.6 Å². The molecule has 1 spiro atoms. The quantitative estimate of drug-likeness (QED) is 0.412. The molecule has 0 bridgehead atoms. The number of benzene rings is 1. The molecule has 0 radical (unpaired) electrons. The zero-order valence-electron chi connectivity index (χ0n) is 22.8. The molecule has 2 aliphatic rings. The lowest BCUT2D eigenvalue weighted by Gasteiger charge is -2.44. The first-order valence-corrected chi connectivity index (χ1v) is 13.8. The van der Waals surface area contributed by atoms with Crippen LogP contribution in [-0.2, 0) is 12.7 Å². The Kier molecular flexibility index (Phi) is 8.30. The molecule has 2 fully saturated rings. The number of pyridine rings is 2. The number of rotatable bonds is 6. The third-order valence-corrected chi connectivity index (χ3v) is 8.31. The van der Waals surface area contributed by atoms with Crippen LogP contribution in [0, 0.1) is 5.41 Å². The van der Waals surface area contributed by atoms with E-state index in [0.717, 1.165) is 12.1 Å². The number of hydrogen-bond acceptors (Lipinski definition) is 7. The van der Waals surface area contributed by atoms with E-state index in [1.54, 1.807) is 17.2 Å². The van der Waals surface area contributed by atoms with Gasteiger partial charge in [-0.2, -0.15) is 13.2 Å². The standard InChI is InChI=1S/C29H28ClF3N6O4/c30-22-8-17(7-21(11-22)29(31,32)33)16-39-6-3-28(24(39)18-9-19(25(34)40)13-36-12-18)1-4-38(5-2-28)27(42)43-23-10-20(26(35)41)14-37-15-23/h7-15,24H,1-6,16H2,(H2,34,40)(H2,35,41). The second kappa shape index (κ2) is 11.8. The highest BCUT2D eigenvalue weighted by Crippen LogP contribution is 2.54. The Bertz CT molecular complexity index is 1560. The molecule has 1 unspecified atom stereocenters. The van der Waals surface area contributed by atoms with Crippen molar-refractivity contribution in [1.29, 1.82) is 0 Å². The lowest BCUT2D eigenvalue weighted by Crippen LogP contribution is -2.46. The van der Waals surface area contributed by atoms with Gasteiger partial charge in [-0.15, -0.1) is 0 Å². The Morgan fingerprint density at radius 3 is 2.19 bits per heavy atom.